The first kappa shape index (κ1) is 14.3. The number of nitrogens with zero attached hydrogens (tertiary/aromatic N) is 1. The quantitative estimate of drug-likeness (QED) is 0.745. The van der Waals surface area contributed by atoms with E-state index in [-0.39, 0.29) is 12.2 Å². The van der Waals surface area contributed by atoms with E-state index in [1.807, 2.05) is 6.07 Å². The fraction of sp³-hybridized carbons (Fsp3) is 0.500. The van der Waals surface area contributed by atoms with Crippen molar-refractivity contribution in [3.63, 3.8) is 0 Å². The summed E-state index contributed by atoms with van der Waals surface area (Å²) in [6.45, 7) is 1.41. The Kier molecular flexibility index (Phi) is 5.22. The average molecular weight is 283 g/mol. The molecule has 0 aromatic heterocycles. The van der Waals surface area contributed by atoms with Gasteiger partial charge in [-0.05, 0) is 25.0 Å². The smallest absolute Gasteiger partial charge is 0.304 e. The molecule has 0 atom stereocenters. The maximum absolute atomic E-state index is 13.4. The van der Waals surface area contributed by atoms with Crippen molar-refractivity contribution in [1.29, 1.82) is 0 Å². The zero-order valence-corrected chi connectivity index (χ0v) is 11.5. The Hall–Kier alpha value is -1.07. The van der Waals surface area contributed by atoms with Crippen LogP contribution in [0.25, 0.3) is 0 Å². The minimum atomic E-state index is -0.757. The van der Waals surface area contributed by atoms with Crippen LogP contribution in [-0.4, -0.2) is 40.9 Å². The number of carboxylic acids is 1. The maximum atomic E-state index is 13.4. The zero-order chi connectivity index (χ0) is 13.7. The largest absolute Gasteiger partial charge is 0.481 e. The standard InChI is InChI=1S/C14H18FNO2S/c15-12-3-1-2-4-13(12)19-10-9-16(11-5-6-11)8-7-14(17)18/h1-4,11H,5-10H2,(H,17,18). The molecule has 1 fully saturated rings. The van der Waals surface area contributed by atoms with E-state index in [9.17, 15) is 9.18 Å². The van der Waals surface area contributed by atoms with Gasteiger partial charge < -0.3 is 5.11 Å². The van der Waals surface area contributed by atoms with Gasteiger partial charge in [0.15, 0.2) is 0 Å². The van der Waals surface area contributed by atoms with Crippen LogP contribution in [0.2, 0.25) is 0 Å². The van der Waals surface area contributed by atoms with Crippen LogP contribution in [0, 0.1) is 5.82 Å². The van der Waals surface area contributed by atoms with Gasteiger partial charge in [0.25, 0.3) is 0 Å². The molecule has 19 heavy (non-hydrogen) atoms. The van der Waals surface area contributed by atoms with E-state index in [1.54, 1.807) is 12.1 Å². The summed E-state index contributed by atoms with van der Waals surface area (Å²) in [4.78, 5) is 13.5. The van der Waals surface area contributed by atoms with Crippen molar-refractivity contribution in [3.8, 4) is 0 Å². The van der Waals surface area contributed by atoms with Crippen LogP contribution < -0.4 is 0 Å². The van der Waals surface area contributed by atoms with E-state index in [2.05, 4.69) is 4.90 Å². The van der Waals surface area contributed by atoms with Crippen molar-refractivity contribution in [2.75, 3.05) is 18.8 Å². The Morgan fingerprint density at radius 1 is 1.37 bits per heavy atom. The molecular formula is C14H18FNO2S. The average Bonchev–Trinajstić information content (AvgIpc) is 3.19. The van der Waals surface area contributed by atoms with E-state index in [1.165, 1.54) is 17.8 Å². The van der Waals surface area contributed by atoms with Crippen LogP contribution in [0.5, 0.6) is 0 Å². The van der Waals surface area contributed by atoms with Gasteiger partial charge in [-0.15, -0.1) is 11.8 Å². The third kappa shape index (κ3) is 4.84. The van der Waals surface area contributed by atoms with Crippen LogP contribution in [-0.2, 0) is 4.79 Å². The molecule has 1 aliphatic rings. The van der Waals surface area contributed by atoms with Crippen LogP contribution in [0.3, 0.4) is 0 Å². The van der Waals surface area contributed by atoms with Gasteiger partial charge in [0.05, 0.1) is 6.42 Å². The van der Waals surface area contributed by atoms with Gasteiger partial charge in [-0.3, -0.25) is 9.69 Å². The SMILES string of the molecule is O=C(O)CCN(CCSc1ccccc1F)C1CC1. The monoisotopic (exact) mass is 283 g/mol. The summed E-state index contributed by atoms with van der Waals surface area (Å²) in [5.41, 5.74) is 0. The molecule has 104 valence electrons. The molecule has 0 unspecified atom stereocenters. The van der Waals surface area contributed by atoms with Crippen molar-refractivity contribution < 1.29 is 14.3 Å². The molecule has 3 nitrogen and oxygen atoms in total. The Labute approximate surface area is 116 Å². The predicted octanol–water partition coefficient (Wildman–Crippen LogP) is 2.86. The van der Waals surface area contributed by atoms with Crippen LogP contribution in [0.15, 0.2) is 29.2 Å². The summed E-state index contributed by atoms with van der Waals surface area (Å²) in [7, 11) is 0. The maximum Gasteiger partial charge on any atom is 0.304 e. The first-order chi connectivity index (χ1) is 9.16. The molecule has 2 rings (SSSR count). The topological polar surface area (TPSA) is 40.5 Å². The van der Waals surface area contributed by atoms with Gasteiger partial charge in [0.1, 0.15) is 5.82 Å². The summed E-state index contributed by atoms with van der Waals surface area (Å²) in [6, 6.07) is 7.29. The fourth-order valence-corrected chi connectivity index (χ4v) is 2.92. The number of aliphatic carboxylic acids is 1. The summed E-state index contributed by atoms with van der Waals surface area (Å²) in [6.07, 6.45) is 2.49. The molecule has 0 heterocycles. The highest BCUT2D eigenvalue weighted by Crippen LogP contribution is 2.28. The van der Waals surface area contributed by atoms with Gasteiger partial charge >= 0.3 is 5.97 Å². The van der Waals surface area contributed by atoms with Crippen LogP contribution in [0.1, 0.15) is 19.3 Å². The molecule has 1 aromatic carbocycles. The molecule has 1 aliphatic carbocycles. The number of carboxylic acid groups (broad SMARTS) is 1. The van der Waals surface area contributed by atoms with Crippen molar-refractivity contribution in [2.45, 2.75) is 30.2 Å². The molecule has 0 bridgehead atoms. The molecule has 0 saturated heterocycles. The Morgan fingerprint density at radius 2 is 2.11 bits per heavy atom. The number of halogens is 1. The fourth-order valence-electron chi connectivity index (χ4n) is 1.99. The highest BCUT2D eigenvalue weighted by molar-refractivity contribution is 7.99. The van der Waals surface area contributed by atoms with E-state index >= 15 is 0 Å². The number of benzene rings is 1. The van der Waals surface area contributed by atoms with E-state index in [0.29, 0.717) is 17.5 Å². The number of carbonyl (C=O) groups is 1. The van der Waals surface area contributed by atoms with Crippen LogP contribution in [0.4, 0.5) is 4.39 Å². The van der Waals surface area contributed by atoms with Gasteiger partial charge in [-0.25, -0.2) is 4.39 Å². The molecule has 1 saturated carbocycles. The Bertz CT molecular complexity index is 437. The Morgan fingerprint density at radius 3 is 2.74 bits per heavy atom. The second kappa shape index (κ2) is 6.91. The first-order valence-electron chi connectivity index (χ1n) is 6.50. The number of hydrogen-bond donors (Lipinski definition) is 1. The molecule has 0 amide bonds. The lowest BCUT2D eigenvalue weighted by Crippen LogP contribution is -2.30. The summed E-state index contributed by atoms with van der Waals surface area (Å²) in [5.74, 6) is -0.153. The van der Waals surface area contributed by atoms with Gasteiger partial charge in [0.2, 0.25) is 0 Å². The lowest BCUT2D eigenvalue weighted by atomic mass is 10.3. The summed E-state index contributed by atoms with van der Waals surface area (Å²) in [5, 5.41) is 8.72. The number of hydrogen-bond acceptors (Lipinski definition) is 3. The summed E-state index contributed by atoms with van der Waals surface area (Å²) < 4.78 is 13.4. The van der Waals surface area contributed by atoms with Crippen molar-refractivity contribution in [2.24, 2.45) is 0 Å². The van der Waals surface area contributed by atoms with Crippen LogP contribution >= 0.6 is 11.8 Å². The molecule has 0 radical (unpaired) electrons. The molecule has 1 aromatic rings. The second-order valence-corrected chi connectivity index (χ2v) is 5.83. The second-order valence-electron chi connectivity index (χ2n) is 4.69. The normalized spacial score (nSPS) is 14.8. The Balaban J connectivity index is 1.76. The minimum absolute atomic E-state index is 0.181. The first-order valence-corrected chi connectivity index (χ1v) is 7.48. The third-order valence-electron chi connectivity index (χ3n) is 3.15. The van der Waals surface area contributed by atoms with Gasteiger partial charge in [-0.1, -0.05) is 12.1 Å². The molecule has 0 aliphatic heterocycles. The minimum Gasteiger partial charge on any atom is -0.481 e. The van der Waals surface area contributed by atoms with Gasteiger partial charge in [0, 0.05) is 29.8 Å². The highest BCUT2D eigenvalue weighted by atomic mass is 32.2. The van der Waals surface area contributed by atoms with Crippen molar-refractivity contribution in [3.05, 3.63) is 30.1 Å². The number of thioether (sulfide) groups is 1. The zero-order valence-electron chi connectivity index (χ0n) is 10.7. The summed E-state index contributed by atoms with van der Waals surface area (Å²) >= 11 is 1.49. The molecular weight excluding hydrogens is 265 g/mol. The molecule has 5 heteroatoms. The molecule has 0 spiro atoms. The van der Waals surface area contributed by atoms with E-state index < -0.39 is 5.97 Å². The van der Waals surface area contributed by atoms with E-state index in [0.717, 1.165) is 25.1 Å². The lowest BCUT2D eigenvalue weighted by molar-refractivity contribution is -0.137. The molecule has 1 N–H and O–H groups in total. The number of rotatable bonds is 8. The van der Waals surface area contributed by atoms with Crippen molar-refractivity contribution >= 4 is 17.7 Å². The highest BCUT2D eigenvalue weighted by Gasteiger charge is 2.28. The third-order valence-corrected chi connectivity index (χ3v) is 4.18. The lowest BCUT2D eigenvalue weighted by Gasteiger charge is -2.20. The van der Waals surface area contributed by atoms with Crippen molar-refractivity contribution in [1.82, 2.24) is 4.90 Å². The van der Waals surface area contributed by atoms with E-state index in [4.69, 9.17) is 5.11 Å². The van der Waals surface area contributed by atoms with Gasteiger partial charge in [-0.2, -0.15) is 0 Å². The predicted molar refractivity (Wildman–Crippen MR) is 74.0 cm³/mol.